The van der Waals surface area contributed by atoms with Crippen LogP contribution in [0.4, 0.5) is 11.4 Å². The van der Waals surface area contributed by atoms with Crippen LogP contribution in [0.1, 0.15) is 6.42 Å². The fourth-order valence-electron chi connectivity index (χ4n) is 1.89. The normalized spacial score (nSPS) is 11.0. The first-order valence-electron chi connectivity index (χ1n) is 6.70. The molecule has 0 aromatic heterocycles. The molecule has 7 nitrogen and oxygen atoms in total. The van der Waals surface area contributed by atoms with E-state index >= 15 is 0 Å². The first-order chi connectivity index (χ1) is 10.9. The van der Waals surface area contributed by atoms with Crippen LogP contribution < -0.4 is 5.32 Å². The summed E-state index contributed by atoms with van der Waals surface area (Å²) in [7, 11) is -3.54. The van der Waals surface area contributed by atoms with Crippen LogP contribution in [-0.4, -0.2) is 25.0 Å². The Morgan fingerprint density at radius 3 is 2.43 bits per heavy atom. The second-order valence-electron chi connectivity index (χ2n) is 4.74. The highest BCUT2D eigenvalue weighted by atomic mass is 32.2. The molecule has 8 heteroatoms. The van der Waals surface area contributed by atoms with Gasteiger partial charge in [-0.25, -0.2) is 8.42 Å². The van der Waals surface area contributed by atoms with Gasteiger partial charge >= 0.3 is 0 Å². The average Bonchev–Trinajstić information content (AvgIpc) is 2.54. The summed E-state index contributed by atoms with van der Waals surface area (Å²) in [4.78, 5) is 22.1. The zero-order chi connectivity index (χ0) is 16.9. The number of carbonyl (C=O) groups is 1. The fourth-order valence-corrected chi connectivity index (χ4v) is 3.16. The average molecular weight is 334 g/mol. The Balaban J connectivity index is 1.98. The van der Waals surface area contributed by atoms with Gasteiger partial charge in [0.2, 0.25) is 5.91 Å². The van der Waals surface area contributed by atoms with Crippen molar-refractivity contribution in [2.24, 2.45) is 0 Å². The van der Waals surface area contributed by atoms with E-state index in [1.807, 2.05) is 0 Å². The third-order valence-corrected chi connectivity index (χ3v) is 4.77. The molecule has 0 unspecified atom stereocenters. The van der Waals surface area contributed by atoms with E-state index in [1.165, 1.54) is 36.4 Å². The van der Waals surface area contributed by atoms with Crippen molar-refractivity contribution >= 4 is 27.1 Å². The molecule has 0 atom stereocenters. The molecule has 120 valence electrons. The van der Waals surface area contributed by atoms with Crippen LogP contribution in [0.5, 0.6) is 0 Å². The maximum atomic E-state index is 12.1. The number of rotatable bonds is 6. The van der Waals surface area contributed by atoms with Crippen molar-refractivity contribution in [3.8, 4) is 0 Å². The van der Waals surface area contributed by atoms with E-state index in [0.717, 1.165) is 0 Å². The SMILES string of the molecule is O=C(CCS(=O)(=O)c1ccccc1)Nc1cccc([N+](=O)[O-])c1. The summed E-state index contributed by atoms with van der Waals surface area (Å²) in [6.45, 7) is 0. The van der Waals surface area contributed by atoms with Crippen LogP contribution in [0, 0.1) is 10.1 Å². The number of nitrogens with one attached hydrogen (secondary N) is 1. The summed E-state index contributed by atoms with van der Waals surface area (Å²) >= 11 is 0. The Morgan fingerprint density at radius 2 is 1.78 bits per heavy atom. The second kappa shape index (κ2) is 7.01. The van der Waals surface area contributed by atoms with Crippen molar-refractivity contribution in [2.75, 3.05) is 11.1 Å². The highest BCUT2D eigenvalue weighted by Crippen LogP contribution is 2.17. The van der Waals surface area contributed by atoms with E-state index in [1.54, 1.807) is 18.2 Å². The second-order valence-corrected chi connectivity index (χ2v) is 6.85. The lowest BCUT2D eigenvalue weighted by molar-refractivity contribution is -0.384. The number of benzene rings is 2. The van der Waals surface area contributed by atoms with Gasteiger partial charge in [-0.2, -0.15) is 0 Å². The topological polar surface area (TPSA) is 106 Å². The van der Waals surface area contributed by atoms with E-state index in [9.17, 15) is 23.3 Å². The Bertz CT molecular complexity index is 819. The summed E-state index contributed by atoms with van der Waals surface area (Å²) in [5.41, 5.74) is 0.0982. The summed E-state index contributed by atoms with van der Waals surface area (Å²) in [5, 5.41) is 13.1. The van der Waals surface area contributed by atoms with Crippen LogP contribution in [0.3, 0.4) is 0 Å². The Morgan fingerprint density at radius 1 is 1.09 bits per heavy atom. The smallest absolute Gasteiger partial charge is 0.271 e. The summed E-state index contributed by atoms with van der Waals surface area (Å²) in [5.74, 6) is -0.859. The highest BCUT2D eigenvalue weighted by molar-refractivity contribution is 7.91. The summed E-state index contributed by atoms with van der Waals surface area (Å²) in [6.07, 6.45) is -0.236. The number of hydrogen-bond acceptors (Lipinski definition) is 5. The number of hydrogen-bond donors (Lipinski definition) is 1. The van der Waals surface area contributed by atoms with E-state index < -0.39 is 20.7 Å². The number of anilines is 1. The monoisotopic (exact) mass is 334 g/mol. The third kappa shape index (κ3) is 4.62. The quantitative estimate of drug-likeness (QED) is 0.645. The Hall–Kier alpha value is -2.74. The van der Waals surface area contributed by atoms with Gasteiger partial charge in [-0.3, -0.25) is 14.9 Å². The number of non-ortho nitro benzene ring substituents is 1. The predicted molar refractivity (Wildman–Crippen MR) is 84.8 cm³/mol. The standard InChI is InChI=1S/C15H14N2O5S/c18-15(16-12-5-4-6-13(11-12)17(19)20)9-10-23(21,22)14-7-2-1-3-8-14/h1-8,11H,9-10H2,(H,16,18). The summed E-state index contributed by atoms with van der Waals surface area (Å²) < 4.78 is 24.1. The minimum atomic E-state index is -3.54. The van der Waals surface area contributed by atoms with Crippen molar-refractivity contribution in [1.82, 2.24) is 0 Å². The Labute approximate surface area is 133 Å². The molecule has 0 fully saturated rings. The number of amides is 1. The van der Waals surface area contributed by atoms with Gasteiger partial charge in [-0.05, 0) is 18.2 Å². The molecule has 1 amide bonds. The van der Waals surface area contributed by atoms with Crippen molar-refractivity contribution in [3.05, 3.63) is 64.7 Å². The van der Waals surface area contributed by atoms with E-state index in [0.29, 0.717) is 0 Å². The molecule has 23 heavy (non-hydrogen) atoms. The molecule has 2 aromatic rings. The van der Waals surface area contributed by atoms with Gasteiger partial charge in [-0.15, -0.1) is 0 Å². The van der Waals surface area contributed by atoms with Crippen LogP contribution >= 0.6 is 0 Å². The number of sulfone groups is 1. The van der Waals surface area contributed by atoms with Gasteiger partial charge in [0.25, 0.3) is 5.69 Å². The van der Waals surface area contributed by atoms with E-state index in [4.69, 9.17) is 0 Å². The number of nitro benzene ring substituents is 1. The van der Waals surface area contributed by atoms with Crippen LogP contribution in [0.25, 0.3) is 0 Å². The van der Waals surface area contributed by atoms with E-state index in [2.05, 4.69) is 5.32 Å². The molecular weight excluding hydrogens is 320 g/mol. The molecule has 0 aliphatic rings. The molecule has 0 aliphatic carbocycles. The predicted octanol–water partition coefficient (Wildman–Crippen LogP) is 2.40. The number of nitrogens with zero attached hydrogens (tertiary/aromatic N) is 1. The molecule has 1 N–H and O–H groups in total. The van der Waals surface area contributed by atoms with Gasteiger partial charge in [0.15, 0.2) is 9.84 Å². The van der Waals surface area contributed by atoms with Gasteiger partial charge in [-0.1, -0.05) is 24.3 Å². The zero-order valence-corrected chi connectivity index (χ0v) is 12.8. The molecule has 2 aromatic carbocycles. The van der Waals surface area contributed by atoms with Crippen molar-refractivity contribution in [2.45, 2.75) is 11.3 Å². The van der Waals surface area contributed by atoms with Crippen molar-refractivity contribution in [1.29, 1.82) is 0 Å². The first-order valence-corrected chi connectivity index (χ1v) is 8.36. The molecule has 0 saturated heterocycles. The maximum absolute atomic E-state index is 12.1. The molecule has 0 radical (unpaired) electrons. The molecule has 0 heterocycles. The lowest BCUT2D eigenvalue weighted by Crippen LogP contribution is -2.17. The Kier molecular flexibility index (Phi) is 5.07. The minimum Gasteiger partial charge on any atom is -0.326 e. The molecule has 0 aliphatic heterocycles. The molecule has 0 saturated carbocycles. The lowest BCUT2D eigenvalue weighted by Gasteiger charge is -2.06. The maximum Gasteiger partial charge on any atom is 0.271 e. The van der Waals surface area contributed by atoms with Crippen molar-refractivity contribution < 1.29 is 18.1 Å². The molecule has 0 spiro atoms. The van der Waals surface area contributed by atoms with Gasteiger partial charge in [0.1, 0.15) is 0 Å². The molecule has 0 bridgehead atoms. The highest BCUT2D eigenvalue weighted by Gasteiger charge is 2.16. The fraction of sp³-hybridized carbons (Fsp3) is 0.133. The van der Waals surface area contributed by atoms with Gasteiger partial charge in [0, 0.05) is 24.2 Å². The number of carbonyl (C=O) groups excluding carboxylic acids is 1. The van der Waals surface area contributed by atoms with Gasteiger partial charge < -0.3 is 5.32 Å². The van der Waals surface area contributed by atoms with Crippen LogP contribution in [-0.2, 0) is 14.6 Å². The third-order valence-electron chi connectivity index (χ3n) is 3.04. The summed E-state index contributed by atoms with van der Waals surface area (Å²) in [6, 6.07) is 13.3. The number of nitro groups is 1. The zero-order valence-electron chi connectivity index (χ0n) is 12.0. The minimum absolute atomic E-state index is 0.153. The van der Waals surface area contributed by atoms with Crippen LogP contribution in [0.15, 0.2) is 59.5 Å². The largest absolute Gasteiger partial charge is 0.326 e. The lowest BCUT2D eigenvalue weighted by atomic mass is 10.3. The van der Waals surface area contributed by atoms with Gasteiger partial charge in [0.05, 0.1) is 15.6 Å². The van der Waals surface area contributed by atoms with Crippen LogP contribution in [0.2, 0.25) is 0 Å². The molecule has 2 rings (SSSR count). The first kappa shape index (κ1) is 16.6. The molecular formula is C15H14N2O5S. The van der Waals surface area contributed by atoms with E-state index in [-0.39, 0.29) is 28.4 Å². The van der Waals surface area contributed by atoms with Crippen molar-refractivity contribution in [3.63, 3.8) is 0 Å².